The van der Waals surface area contributed by atoms with E-state index in [4.69, 9.17) is 0 Å². The first-order valence-corrected chi connectivity index (χ1v) is 27.4. The molecule has 12 nitrogen and oxygen atoms in total. The van der Waals surface area contributed by atoms with Crippen LogP contribution in [0.3, 0.4) is 0 Å². The smallest absolute Gasteiger partial charge is 0.744 e. The Morgan fingerprint density at radius 3 is 1.38 bits per heavy atom. The van der Waals surface area contributed by atoms with Crippen LogP contribution in [0.2, 0.25) is 0 Å². The molecule has 8 rings (SSSR count). The monoisotopic (exact) mass is 1150 g/mol. The summed E-state index contributed by atoms with van der Waals surface area (Å²) >= 11 is 0. The maximum atomic E-state index is 13.0. The molecule has 0 N–H and O–H groups in total. The van der Waals surface area contributed by atoms with Crippen molar-refractivity contribution in [2.75, 3.05) is 0 Å². The molecular weight excluding hydrogens is 1120 g/mol. The van der Waals surface area contributed by atoms with Crippen molar-refractivity contribution in [1.29, 1.82) is 0 Å². The molecule has 0 aliphatic heterocycles. The van der Waals surface area contributed by atoms with Crippen molar-refractivity contribution in [2.24, 2.45) is 0 Å². The molecule has 0 fully saturated rings. The van der Waals surface area contributed by atoms with Gasteiger partial charge >= 0.3 is 236 Å². The van der Waals surface area contributed by atoms with Crippen molar-refractivity contribution in [3.8, 4) is 11.1 Å². The van der Waals surface area contributed by atoms with Crippen LogP contribution in [-0.2, 0) is 52.8 Å². The first-order chi connectivity index (χ1) is 30.3. The van der Waals surface area contributed by atoms with Crippen molar-refractivity contribution in [3.63, 3.8) is 0 Å². The Morgan fingerprint density at radius 1 is 0.417 bits per heavy atom. The normalized spacial score (nSPS) is 11.2. The largest absolute Gasteiger partial charge is 1.00 e. The molecule has 0 unspecified atom stereocenters. The third-order valence-corrected chi connectivity index (χ3v) is 18.6. The van der Waals surface area contributed by atoms with Crippen LogP contribution in [0, 0.1) is 24.3 Å². The maximum absolute atomic E-state index is 13.0. The molecule has 0 aliphatic rings. The summed E-state index contributed by atoms with van der Waals surface area (Å²) in [5.74, 6) is 0. The number of hydrogen-bond acceptors (Lipinski definition) is 12. The molecule has 0 heterocycles. The summed E-state index contributed by atoms with van der Waals surface area (Å²) in [7, 11) is -23.3. The quantitative estimate of drug-likeness (QED) is 0.0454. The second-order valence-electron chi connectivity index (χ2n) is 14.3. The standard InChI is InChI=1S/C46H32O12P2S4.8Na/c47-61(48,49)38-17-8-15-36(26-38)59(37-16-9-18-39(27-37)62(50,51)52)29-31-20-21-32-10-7-19-42(43(32)24-31)46-33(30-60(34-11-3-1-4-12-34)35-13-5-2-6-14-35)25-45(64(56,57)58)41-23-22-40(28-44(41)46)63(53,54)55;;;;;;;;/h1-3,5,7-18,20,22-28H,29-30H2,(H,47,48,49)(H,50,51,52)(H,53,54,55)(H,56,57,58);;;;;;;;/q-4;8*+1/p-4. The van der Waals surface area contributed by atoms with Crippen LogP contribution in [0.15, 0.2) is 165 Å². The summed E-state index contributed by atoms with van der Waals surface area (Å²) in [6.07, 6.45) is 0.185. The van der Waals surface area contributed by atoms with Gasteiger partial charge in [0.25, 0.3) is 0 Å². The van der Waals surface area contributed by atoms with Crippen LogP contribution in [0.1, 0.15) is 11.1 Å². The van der Waals surface area contributed by atoms with Gasteiger partial charge in [-0.3, -0.25) is 0 Å². The maximum Gasteiger partial charge on any atom is 1.00 e. The van der Waals surface area contributed by atoms with Crippen molar-refractivity contribution >= 4 is 99.1 Å². The molecule has 8 aromatic rings. The van der Waals surface area contributed by atoms with Gasteiger partial charge in [-0.2, -0.15) is 68.6 Å². The summed E-state index contributed by atoms with van der Waals surface area (Å²) in [4.78, 5) is -2.34. The average molecular weight is 1150 g/mol. The van der Waals surface area contributed by atoms with Crippen molar-refractivity contribution < 1.29 is 288 Å². The summed E-state index contributed by atoms with van der Waals surface area (Å²) in [6.45, 7) is 0. The Hall–Kier alpha value is 2.78. The van der Waals surface area contributed by atoms with Crippen LogP contribution in [0.5, 0.6) is 0 Å². The SMILES string of the molecule is O=S(=O)([O-])c1cccc(P(Cc2c[c-]c3cc[c-]c(-c4c(CP(c5c[c-]ccc5)c5c[c-]ccc5)cc(S(=O)(=O)[O-])c5ccc(S(=O)(=O)[O-])cc45)c3c2)c2cccc(S(=O)(=O)[O-])c2)c1.[Na+].[Na+].[Na+].[Na+].[Na+].[Na+].[Na+].[Na+]. The Bertz CT molecular complexity index is 3490. The van der Waals surface area contributed by atoms with E-state index in [0.29, 0.717) is 38.1 Å². The van der Waals surface area contributed by atoms with Gasteiger partial charge in [0, 0.05) is 0 Å². The van der Waals surface area contributed by atoms with E-state index in [1.54, 1.807) is 72.8 Å². The van der Waals surface area contributed by atoms with Gasteiger partial charge in [0.2, 0.25) is 0 Å². The Kier molecular flexibility index (Phi) is 33.1. The van der Waals surface area contributed by atoms with Gasteiger partial charge in [-0.15, -0.1) is 68.9 Å². The minimum absolute atomic E-state index is 0. The molecule has 0 saturated carbocycles. The van der Waals surface area contributed by atoms with Crippen molar-refractivity contribution in [1.82, 2.24) is 0 Å². The summed E-state index contributed by atoms with van der Waals surface area (Å²) in [5.41, 5.74) is 1.46. The predicted octanol–water partition coefficient (Wildman–Crippen LogP) is -18.2. The second kappa shape index (κ2) is 31.8. The predicted molar refractivity (Wildman–Crippen MR) is 240 cm³/mol. The van der Waals surface area contributed by atoms with E-state index in [1.807, 2.05) is 12.1 Å². The molecule has 0 spiro atoms. The fourth-order valence-corrected chi connectivity index (χ4v) is 14.4. The van der Waals surface area contributed by atoms with Crippen LogP contribution < -0.4 is 258 Å². The number of rotatable bonds is 13. The van der Waals surface area contributed by atoms with E-state index in [0.717, 1.165) is 40.9 Å². The van der Waals surface area contributed by atoms with Gasteiger partial charge in [0.05, 0.1) is 19.6 Å². The molecular formula is C46H28Na8O12P2S4. The first kappa shape index (κ1) is 74.8. The van der Waals surface area contributed by atoms with E-state index >= 15 is 0 Å². The number of hydrogen-bond donors (Lipinski definition) is 0. The number of benzene rings is 8. The molecule has 0 radical (unpaired) electrons. The Morgan fingerprint density at radius 2 is 0.903 bits per heavy atom. The summed E-state index contributed by atoms with van der Waals surface area (Å²) < 4.78 is 149. The van der Waals surface area contributed by atoms with Crippen molar-refractivity contribution in [2.45, 2.75) is 31.9 Å². The first-order valence-electron chi connectivity index (χ1n) is 18.7. The zero-order chi connectivity index (χ0) is 45.6. The third-order valence-electron chi connectivity index (χ3n) is 10.2. The van der Waals surface area contributed by atoms with Gasteiger partial charge in [-0.1, -0.05) is 41.5 Å². The van der Waals surface area contributed by atoms with E-state index in [9.17, 15) is 51.9 Å². The minimum atomic E-state index is -5.22. The molecule has 0 bridgehead atoms. The van der Waals surface area contributed by atoms with Gasteiger partial charge in [-0.05, 0) is 84.1 Å². The molecule has 326 valence electrons. The molecule has 26 heteroatoms. The van der Waals surface area contributed by atoms with Gasteiger partial charge < -0.3 is 18.2 Å². The van der Waals surface area contributed by atoms with Crippen LogP contribution >= 0.6 is 15.8 Å². The summed E-state index contributed by atoms with van der Waals surface area (Å²) in [5, 5.41) is 3.21. The zero-order valence-corrected chi connectivity index (χ0v) is 61.8. The van der Waals surface area contributed by atoms with E-state index < -0.39 is 75.9 Å². The minimum Gasteiger partial charge on any atom is -0.744 e. The van der Waals surface area contributed by atoms with Crippen molar-refractivity contribution in [3.05, 3.63) is 181 Å². The molecule has 8 aromatic carbocycles. The Labute approximate surface area is 600 Å². The Balaban J connectivity index is 0.00000630. The van der Waals surface area contributed by atoms with E-state index in [1.165, 1.54) is 30.3 Å². The van der Waals surface area contributed by atoms with Crippen LogP contribution in [-0.4, -0.2) is 51.9 Å². The average Bonchev–Trinajstić information content (AvgIpc) is 3.26. The van der Waals surface area contributed by atoms with Gasteiger partial charge in [0.15, 0.2) is 0 Å². The molecule has 0 amide bonds. The third kappa shape index (κ3) is 18.4. The second-order valence-corrected chi connectivity index (χ2v) is 24.2. The van der Waals surface area contributed by atoms with Gasteiger partial charge in [-0.25, -0.2) is 33.7 Å². The van der Waals surface area contributed by atoms with E-state index in [-0.39, 0.29) is 265 Å². The molecule has 0 aliphatic carbocycles. The fraction of sp³-hybridized carbons (Fsp3) is 0.0435. The molecule has 72 heavy (non-hydrogen) atoms. The van der Waals surface area contributed by atoms with E-state index in [2.05, 4.69) is 24.3 Å². The molecule has 0 atom stereocenters. The molecule has 0 aromatic heterocycles. The number of fused-ring (bicyclic) bond motifs is 2. The topological polar surface area (TPSA) is 229 Å². The van der Waals surface area contributed by atoms with Crippen LogP contribution in [0.4, 0.5) is 0 Å². The van der Waals surface area contributed by atoms with Gasteiger partial charge in [0.1, 0.15) is 40.5 Å². The van der Waals surface area contributed by atoms with Crippen LogP contribution in [0.25, 0.3) is 32.7 Å². The molecule has 0 saturated heterocycles. The fourth-order valence-electron chi connectivity index (χ4n) is 7.42. The summed E-state index contributed by atoms with van der Waals surface area (Å²) in [6, 6.07) is 48.8. The zero-order valence-electron chi connectivity index (χ0n) is 40.7.